The molecule has 0 aromatic heterocycles. The van der Waals surface area contributed by atoms with Crippen molar-refractivity contribution in [2.24, 2.45) is 5.92 Å². The Bertz CT molecular complexity index is 833. The molecule has 6 heteroatoms. The van der Waals surface area contributed by atoms with Gasteiger partial charge in [-0.2, -0.15) is 0 Å². The maximum absolute atomic E-state index is 12.3. The Morgan fingerprint density at radius 3 is 2.78 bits per heavy atom. The number of hydrogen-bond donors (Lipinski definition) is 2. The number of nitrogens with one attached hydrogen (secondary N) is 2. The van der Waals surface area contributed by atoms with Crippen LogP contribution in [-0.4, -0.2) is 25.0 Å². The van der Waals surface area contributed by atoms with Crippen LogP contribution in [0.2, 0.25) is 0 Å². The fourth-order valence-corrected chi connectivity index (χ4v) is 2.74. The monoisotopic (exact) mass is 368 g/mol. The summed E-state index contributed by atoms with van der Waals surface area (Å²) in [6, 6.07) is 12.8. The Hall–Kier alpha value is -3.02. The zero-order chi connectivity index (χ0) is 19.2. The van der Waals surface area contributed by atoms with E-state index >= 15 is 0 Å². The normalized spacial score (nSPS) is 12.9. The highest BCUT2D eigenvalue weighted by molar-refractivity contribution is 5.94. The quantitative estimate of drug-likeness (QED) is 0.782. The second-order valence-corrected chi connectivity index (χ2v) is 6.90. The molecule has 0 aliphatic carbocycles. The summed E-state index contributed by atoms with van der Waals surface area (Å²) in [5, 5.41) is 5.65. The lowest BCUT2D eigenvalue weighted by Crippen LogP contribution is -2.21. The molecule has 1 aliphatic rings. The van der Waals surface area contributed by atoms with Gasteiger partial charge < -0.3 is 20.1 Å². The smallest absolute Gasteiger partial charge is 0.262 e. The van der Waals surface area contributed by atoms with E-state index in [0.717, 1.165) is 11.3 Å². The van der Waals surface area contributed by atoms with Crippen LogP contribution in [0.4, 0.5) is 11.4 Å². The van der Waals surface area contributed by atoms with Crippen molar-refractivity contribution in [1.29, 1.82) is 0 Å². The molecule has 0 saturated heterocycles. The van der Waals surface area contributed by atoms with Crippen molar-refractivity contribution < 1.29 is 19.1 Å². The first-order valence-electron chi connectivity index (χ1n) is 9.08. The first-order chi connectivity index (χ1) is 13.0. The standard InChI is InChI=1S/C21H24N2O4/c1-14(2)12-27-19-6-4-3-5-18(19)23-21(25)13-26-16-8-9-17-15(11-16)7-10-20(24)22-17/h3-6,8-9,11,14H,7,10,12-13H2,1-2H3,(H,22,24)(H,23,25). The Morgan fingerprint density at radius 1 is 1.15 bits per heavy atom. The fraction of sp³-hybridized carbons (Fsp3) is 0.333. The van der Waals surface area contributed by atoms with Crippen molar-refractivity contribution in [1.82, 2.24) is 0 Å². The number of benzene rings is 2. The van der Waals surface area contributed by atoms with Gasteiger partial charge in [0, 0.05) is 12.1 Å². The minimum atomic E-state index is -0.262. The Morgan fingerprint density at radius 2 is 1.96 bits per heavy atom. The van der Waals surface area contributed by atoms with Crippen molar-refractivity contribution in [2.75, 3.05) is 23.8 Å². The summed E-state index contributed by atoms with van der Waals surface area (Å²) >= 11 is 0. The van der Waals surface area contributed by atoms with Gasteiger partial charge in [0.15, 0.2) is 6.61 Å². The van der Waals surface area contributed by atoms with Gasteiger partial charge in [-0.05, 0) is 48.2 Å². The van der Waals surface area contributed by atoms with Crippen LogP contribution >= 0.6 is 0 Å². The highest BCUT2D eigenvalue weighted by atomic mass is 16.5. The van der Waals surface area contributed by atoms with E-state index in [1.807, 2.05) is 24.3 Å². The van der Waals surface area contributed by atoms with E-state index in [0.29, 0.717) is 42.6 Å². The molecule has 0 atom stereocenters. The lowest BCUT2D eigenvalue weighted by Gasteiger charge is -2.18. The maximum atomic E-state index is 12.3. The zero-order valence-corrected chi connectivity index (χ0v) is 15.6. The van der Waals surface area contributed by atoms with Crippen LogP contribution in [-0.2, 0) is 16.0 Å². The molecular formula is C21H24N2O4. The first kappa shape index (κ1) is 18.8. The average molecular weight is 368 g/mol. The van der Waals surface area contributed by atoms with Crippen molar-refractivity contribution in [3.63, 3.8) is 0 Å². The maximum Gasteiger partial charge on any atom is 0.262 e. The number of carbonyl (C=O) groups excluding carboxylic acids is 2. The van der Waals surface area contributed by atoms with E-state index in [4.69, 9.17) is 9.47 Å². The van der Waals surface area contributed by atoms with Crippen molar-refractivity contribution >= 4 is 23.2 Å². The zero-order valence-electron chi connectivity index (χ0n) is 15.6. The number of amides is 2. The molecule has 2 N–H and O–H groups in total. The highest BCUT2D eigenvalue weighted by Crippen LogP contribution is 2.27. The van der Waals surface area contributed by atoms with Gasteiger partial charge in [0.25, 0.3) is 5.91 Å². The Kier molecular flexibility index (Phi) is 5.96. The summed E-state index contributed by atoms with van der Waals surface area (Å²) in [5.74, 6) is 1.40. The molecule has 2 aromatic rings. The molecule has 0 spiro atoms. The summed E-state index contributed by atoms with van der Waals surface area (Å²) in [6.07, 6.45) is 1.13. The van der Waals surface area contributed by atoms with Gasteiger partial charge in [0.1, 0.15) is 11.5 Å². The molecule has 142 valence electrons. The third kappa shape index (κ3) is 5.23. The molecule has 2 aromatic carbocycles. The van der Waals surface area contributed by atoms with Gasteiger partial charge in [-0.1, -0.05) is 26.0 Å². The van der Waals surface area contributed by atoms with E-state index in [2.05, 4.69) is 24.5 Å². The minimum absolute atomic E-state index is 0.0221. The topological polar surface area (TPSA) is 76.7 Å². The van der Waals surface area contributed by atoms with E-state index in [1.165, 1.54) is 0 Å². The number of aryl methyl sites for hydroxylation is 1. The van der Waals surface area contributed by atoms with Gasteiger partial charge in [-0.15, -0.1) is 0 Å². The number of carbonyl (C=O) groups is 2. The molecule has 2 amide bonds. The predicted molar refractivity (Wildman–Crippen MR) is 104 cm³/mol. The van der Waals surface area contributed by atoms with E-state index < -0.39 is 0 Å². The summed E-state index contributed by atoms with van der Waals surface area (Å²) in [5.41, 5.74) is 2.44. The van der Waals surface area contributed by atoms with Gasteiger partial charge in [0.2, 0.25) is 5.91 Å². The summed E-state index contributed by atoms with van der Waals surface area (Å²) < 4.78 is 11.3. The number of hydrogen-bond acceptors (Lipinski definition) is 4. The van der Waals surface area contributed by atoms with Crippen molar-refractivity contribution in [3.8, 4) is 11.5 Å². The predicted octanol–water partition coefficient (Wildman–Crippen LogP) is 3.62. The third-order valence-corrected chi connectivity index (χ3v) is 4.08. The Labute approximate surface area is 158 Å². The lowest BCUT2D eigenvalue weighted by molar-refractivity contribution is -0.118. The molecule has 0 radical (unpaired) electrons. The Balaban J connectivity index is 1.57. The van der Waals surface area contributed by atoms with Gasteiger partial charge in [0.05, 0.1) is 12.3 Å². The SMILES string of the molecule is CC(C)COc1ccccc1NC(=O)COc1ccc2c(c1)CCC(=O)N2. The molecule has 1 aliphatic heterocycles. The molecule has 27 heavy (non-hydrogen) atoms. The number of para-hydroxylation sites is 2. The largest absolute Gasteiger partial charge is 0.491 e. The molecule has 0 saturated carbocycles. The molecule has 3 rings (SSSR count). The average Bonchev–Trinajstić information content (AvgIpc) is 2.65. The van der Waals surface area contributed by atoms with E-state index in [-0.39, 0.29) is 18.4 Å². The first-order valence-corrected chi connectivity index (χ1v) is 9.08. The molecule has 0 fully saturated rings. The number of anilines is 2. The number of fused-ring (bicyclic) bond motifs is 1. The fourth-order valence-electron chi connectivity index (χ4n) is 2.74. The second-order valence-electron chi connectivity index (χ2n) is 6.90. The van der Waals surface area contributed by atoms with Crippen molar-refractivity contribution in [3.05, 3.63) is 48.0 Å². The second kappa shape index (κ2) is 8.58. The summed E-state index contributed by atoms with van der Waals surface area (Å²) in [7, 11) is 0. The van der Waals surface area contributed by atoms with E-state index in [9.17, 15) is 9.59 Å². The van der Waals surface area contributed by atoms with Crippen LogP contribution in [0.25, 0.3) is 0 Å². The van der Waals surface area contributed by atoms with Gasteiger partial charge in [-0.3, -0.25) is 9.59 Å². The molecule has 6 nitrogen and oxygen atoms in total. The van der Waals surface area contributed by atoms with Crippen LogP contribution in [0.3, 0.4) is 0 Å². The molecule has 0 bridgehead atoms. The summed E-state index contributed by atoms with van der Waals surface area (Å²) in [4.78, 5) is 23.7. The van der Waals surface area contributed by atoms with Gasteiger partial charge in [-0.25, -0.2) is 0 Å². The van der Waals surface area contributed by atoms with Crippen LogP contribution in [0.15, 0.2) is 42.5 Å². The third-order valence-electron chi connectivity index (χ3n) is 4.08. The van der Waals surface area contributed by atoms with Crippen LogP contribution in [0.5, 0.6) is 11.5 Å². The van der Waals surface area contributed by atoms with E-state index in [1.54, 1.807) is 18.2 Å². The lowest BCUT2D eigenvalue weighted by atomic mass is 10.0. The van der Waals surface area contributed by atoms with Gasteiger partial charge >= 0.3 is 0 Å². The van der Waals surface area contributed by atoms with Crippen molar-refractivity contribution in [2.45, 2.75) is 26.7 Å². The molecule has 1 heterocycles. The van der Waals surface area contributed by atoms with Crippen LogP contribution < -0.4 is 20.1 Å². The summed E-state index contributed by atoms with van der Waals surface area (Å²) in [6.45, 7) is 4.61. The van der Waals surface area contributed by atoms with Crippen LogP contribution in [0.1, 0.15) is 25.8 Å². The molecule has 0 unspecified atom stereocenters. The van der Waals surface area contributed by atoms with Crippen LogP contribution in [0, 0.1) is 5.92 Å². The molecular weight excluding hydrogens is 344 g/mol. The number of ether oxygens (including phenoxy) is 2. The number of rotatable bonds is 7. The highest BCUT2D eigenvalue weighted by Gasteiger charge is 2.15. The minimum Gasteiger partial charge on any atom is -0.491 e.